The minimum atomic E-state index is -0.508. The summed E-state index contributed by atoms with van der Waals surface area (Å²) in [6.45, 7) is 3.25. The molecule has 3 rings (SSSR count). The van der Waals surface area contributed by atoms with Gasteiger partial charge in [-0.3, -0.25) is 14.1 Å². The fourth-order valence-corrected chi connectivity index (χ4v) is 3.67. The molecule has 2 aliphatic heterocycles. The minimum absolute atomic E-state index is 0. The summed E-state index contributed by atoms with van der Waals surface area (Å²) in [5.41, 5.74) is 4.07. The lowest BCUT2D eigenvalue weighted by molar-refractivity contribution is -0.129. The van der Waals surface area contributed by atoms with Crippen LogP contribution >= 0.6 is 27.0 Å². The van der Waals surface area contributed by atoms with E-state index >= 15 is 0 Å². The molecule has 0 radical (unpaired) electrons. The van der Waals surface area contributed by atoms with Gasteiger partial charge < -0.3 is 0 Å². The van der Waals surface area contributed by atoms with Gasteiger partial charge in [-0.05, 0) is 36.0 Å². The van der Waals surface area contributed by atoms with Gasteiger partial charge in [0.25, 0.3) is 0 Å². The van der Waals surface area contributed by atoms with E-state index in [0.29, 0.717) is 13.0 Å². The highest BCUT2D eigenvalue weighted by Crippen LogP contribution is 2.37. The molecular formula is C18H28FNOS2. The average Bonchev–Trinajstić information content (AvgIpc) is 2.52. The summed E-state index contributed by atoms with van der Waals surface area (Å²) in [5.74, 6) is -0.295. The Labute approximate surface area is 152 Å². The summed E-state index contributed by atoms with van der Waals surface area (Å²) in [7, 11) is 0. The molecule has 0 aliphatic carbocycles. The van der Waals surface area contributed by atoms with E-state index in [4.69, 9.17) is 0 Å². The molecule has 5 heteroatoms. The van der Waals surface area contributed by atoms with Gasteiger partial charge in [0.1, 0.15) is 12.5 Å². The number of ketones is 1. The van der Waals surface area contributed by atoms with Gasteiger partial charge in [0.05, 0.1) is 5.92 Å². The topological polar surface area (TPSA) is 20.3 Å². The molecule has 0 N–H and O–H groups in total. The molecule has 2 heterocycles. The van der Waals surface area contributed by atoms with Gasteiger partial charge >= 0.3 is 0 Å². The quantitative estimate of drug-likeness (QED) is 0.820. The van der Waals surface area contributed by atoms with Gasteiger partial charge in [0.15, 0.2) is 0 Å². The van der Waals surface area contributed by atoms with Crippen molar-refractivity contribution in [3.05, 3.63) is 34.9 Å². The molecule has 0 spiro atoms. The average molecular weight is 357 g/mol. The molecule has 1 aromatic rings. The zero-order chi connectivity index (χ0) is 14.8. The predicted molar refractivity (Wildman–Crippen MR) is 103 cm³/mol. The van der Waals surface area contributed by atoms with Crippen molar-refractivity contribution < 1.29 is 9.18 Å². The van der Waals surface area contributed by atoms with Crippen molar-refractivity contribution in [2.45, 2.75) is 45.1 Å². The molecule has 1 fully saturated rings. The number of fused-ring (bicyclic) bond motifs is 3. The summed E-state index contributed by atoms with van der Waals surface area (Å²) in [6, 6.07) is 6.96. The highest BCUT2D eigenvalue weighted by molar-refractivity contribution is 7.59. The number of Topliss-reactive ketones (excluding diaryl/α,β-unsaturated/α-hetero) is 1. The van der Waals surface area contributed by atoms with Crippen LogP contribution in [0.2, 0.25) is 0 Å². The molecule has 23 heavy (non-hydrogen) atoms. The van der Waals surface area contributed by atoms with Gasteiger partial charge in [-0.1, -0.05) is 31.5 Å². The van der Waals surface area contributed by atoms with Crippen molar-refractivity contribution in [2.75, 3.05) is 19.8 Å². The molecule has 0 aromatic heterocycles. The predicted octanol–water partition coefficient (Wildman–Crippen LogP) is 3.71. The first kappa shape index (κ1) is 20.5. The van der Waals surface area contributed by atoms with Crippen LogP contribution in [0.3, 0.4) is 0 Å². The molecule has 2 aliphatic rings. The van der Waals surface area contributed by atoms with Crippen molar-refractivity contribution in [1.29, 1.82) is 0 Å². The summed E-state index contributed by atoms with van der Waals surface area (Å²) in [5, 5.41) is 0. The maximum absolute atomic E-state index is 12.9. The Hall–Kier alpha value is -0.520. The maximum Gasteiger partial charge on any atom is 0.141 e. The Kier molecular flexibility index (Phi) is 8.11. The SMILES string of the molecule is CCCCc1ccc2c(c1)[C@@H]1CC(=O)[C@@H](C[18F])CN1CC2.S.S. The second kappa shape index (κ2) is 9.09. The van der Waals surface area contributed by atoms with Crippen LogP contribution in [0.1, 0.15) is 48.9 Å². The van der Waals surface area contributed by atoms with E-state index in [0.717, 1.165) is 19.4 Å². The Bertz CT molecular complexity index is 538. The summed E-state index contributed by atoms with van der Waals surface area (Å²) in [4.78, 5) is 14.4. The van der Waals surface area contributed by atoms with Crippen molar-refractivity contribution in [2.24, 2.45) is 5.92 Å². The number of carbonyl (C=O) groups excluding carboxylic acids is 1. The Balaban J connectivity index is 0.00000132. The Morgan fingerprint density at radius 1 is 1.30 bits per heavy atom. The summed E-state index contributed by atoms with van der Waals surface area (Å²) >= 11 is 0. The smallest absolute Gasteiger partial charge is 0.141 e. The fourth-order valence-electron chi connectivity index (χ4n) is 3.67. The number of halogens is 1. The Morgan fingerprint density at radius 3 is 2.78 bits per heavy atom. The van der Waals surface area contributed by atoms with E-state index < -0.39 is 12.6 Å². The molecule has 0 saturated carbocycles. The van der Waals surface area contributed by atoms with Crippen LogP contribution in [-0.4, -0.2) is 30.4 Å². The van der Waals surface area contributed by atoms with Crippen LogP contribution in [0.25, 0.3) is 0 Å². The van der Waals surface area contributed by atoms with Crippen molar-refractivity contribution in [3.8, 4) is 0 Å². The van der Waals surface area contributed by atoms with Crippen LogP contribution in [0, 0.1) is 5.92 Å². The first-order valence-electron chi connectivity index (χ1n) is 8.17. The van der Waals surface area contributed by atoms with E-state index in [1.807, 2.05) is 0 Å². The highest BCUT2D eigenvalue weighted by Gasteiger charge is 2.37. The van der Waals surface area contributed by atoms with E-state index in [2.05, 4.69) is 30.0 Å². The number of benzene rings is 1. The largest absolute Gasteiger partial charge is 0.299 e. The number of unbranched alkanes of at least 4 members (excludes halogenated alkanes) is 1. The number of aryl methyl sites for hydroxylation is 1. The van der Waals surface area contributed by atoms with Crippen molar-refractivity contribution >= 4 is 32.8 Å². The lowest BCUT2D eigenvalue weighted by atomic mass is 9.82. The second-order valence-electron chi connectivity index (χ2n) is 6.42. The zero-order valence-electron chi connectivity index (χ0n) is 13.8. The normalized spacial score (nSPS) is 23.3. The lowest BCUT2D eigenvalue weighted by Gasteiger charge is -2.42. The second-order valence-corrected chi connectivity index (χ2v) is 6.42. The number of piperidine rings is 1. The van der Waals surface area contributed by atoms with E-state index in [-0.39, 0.29) is 38.8 Å². The third kappa shape index (κ3) is 4.31. The number of nitrogens with zero attached hydrogens (tertiary/aromatic N) is 1. The van der Waals surface area contributed by atoms with Crippen LogP contribution in [0.5, 0.6) is 0 Å². The molecule has 0 amide bonds. The Morgan fingerprint density at radius 2 is 2.09 bits per heavy atom. The fraction of sp³-hybridized carbons (Fsp3) is 0.611. The van der Waals surface area contributed by atoms with Gasteiger partial charge in [-0.2, -0.15) is 27.0 Å². The third-order valence-electron chi connectivity index (χ3n) is 4.99. The number of hydrogen-bond donors (Lipinski definition) is 0. The summed E-state index contributed by atoms with van der Waals surface area (Å²) < 4.78 is 12.9. The van der Waals surface area contributed by atoms with Crippen molar-refractivity contribution in [1.82, 2.24) is 4.90 Å². The molecule has 2 atom stereocenters. The standard InChI is InChI=1S/C18H24FNO.2H2S/c1-2-3-4-13-5-6-14-7-8-20-12-15(11-19)18(21)10-17(20)16(14)9-13;;/h5-6,9,15,17H,2-4,7-8,10-12H2,1H3;2*1H2/t15-,17-;;/m0../s1/i19-1;;. The van der Waals surface area contributed by atoms with E-state index in [9.17, 15) is 9.18 Å². The third-order valence-corrected chi connectivity index (χ3v) is 4.99. The summed E-state index contributed by atoms with van der Waals surface area (Å²) in [6.07, 6.45) is 5.02. The zero-order valence-corrected chi connectivity index (χ0v) is 15.8. The van der Waals surface area contributed by atoms with Crippen LogP contribution in [0.4, 0.5) is 4.39 Å². The molecule has 1 saturated heterocycles. The van der Waals surface area contributed by atoms with Crippen LogP contribution in [-0.2, 0) is 17.6 Å². The first-order valence-corrected chi connectivity index (χ1v) is 8.17. The molecular weight excluding hydrogens is 328 g/mol. The minimum Gasteiger partial charge on any atom is -0.299 e. The molecule has 2 nitrogen and oxygen atoms in total. The molecule has 0 bridgehead atoms. The first-order chi connectivity index (χ1) is 10.2. The van der Waals surface area contributed by atoms with E-state index in [1.54, 1.807) is 0 Å². The van der Waals surface area contributed by atoms with Gasteiger partial charge in [0.2, 0.25) is 0 Å². The van der Waals surface area contributed by atoms with Gasteiger partial charge in [-0.15, -0.1) is 0 Å². The number of alkyl halides is 1. The highest BCUT2D eigenvalue weighted by atomic mass is 32.1. The maximum atomic E-state index is 12.9. The number of rotatable bonds is 4. The van der Waals surface area contributed by atoms with Crippen LogP contribution < -0.4 is 0 Å². The lowest BCUT2D eigenvalue weighted by Crippen LogP contribution is -2.46. The van der Waals surface area contributed by atoms with Crippen molar-refractivity contribution in [3.63, 3.8) is 0 Å². The molecule has 0 unspecified atom stereocenters. The number of hydrogen-bond acceptors (Lipinski definition) is 2. The van der Waals surface area contributed by atoms with Gasteiger partial charge in [0, 0.05) is 25.6 Å². The molecule has 130 valence electrons. The monoisotopic (exact) mass is 356 g/mol. The number of carbonyl (C=O) groups is 1. The van der Waals surface area contributed by atoms with Crippen LogP contribution in [0.15, 0.2) is 18.2 Å². The molecule has 1 aromatic carbocycles. The van der Waals surface area contributed by atoms with E-state index in [1.165, 1.54) is 29.5 Å². The van der Waals surface area contributed by atoms with Gasteiger partial charge in [-0.25, -0.2) is 0 Å².